The molecule has 1 fully saturated rings. The van der Waals surface area contributed by atoms with Crippen molar-refractivity contribution in [2.24, 2.45) is 0 Å². The Morgan fingerprint density at radius 1 is 1.00 bits per heavy atom. The summed E-state index contributed by atoms with van der Waals surface area (Å²) in [6, 6.07) is 18.6. The molecular weight excluding hydrogens is 530 g/mol. The number of rotatable bonds is 9. The Morgan fingerprint density at radius 3 is 2.52 bits per heavy atom. The van der Waals surface area contributed by atoms with E-state index in [9.17, 15) is 9.59 Å². The minimum absolute atomic E-state index is 0.0412. The van der Waals surface area contributed by atoms with Gasteiger partial charge in [0.25, 0.3) is 0 Å². The Labute approximate surface area is 238 Å². The van der Waals surface area contributed by atoms with Crippen LogP contribution in [-0.4, -0.2) is 47.1 Å². The highest BCUT2D eigenvalue weighted by Crippen LogP contribution is 2.35. The van der Waals surface area contributed by atoms with Crippen LogP contribution in [0.1, 0.15) is 43.7 Å². The van der Waals surface area contributed by atoms with Gasteiger partial charge in [-0.25, -0.2) is 4.68 Å². The van der Waals surface area contributed by atoms with Gasteiger partial charge in [0.15, 0.2) is 11.5 Å². The van der Waals surface area contributed by atoms with Crippen LogP contribution in [0.3, 0.4) is 0 Å². The fraction of sp³-hybridized carbons (Fsp3) is 0.333. The normalized spacial score (nSPS) is 14.5. The van der Waals surface area contributed by atoms with Crippen LogP contribution in [0.15, 0.2) is 66.7 Å². The Bertz CT molecular complexity index is 1500. The molecule has 1 aromatic heterocycles. The summed E-state index contributed by atoms with van der Waals surface area (Å²) in [4.78, 5) is 29.8. The van der Waals surface area contributed by atoms with Crippen LogP contribution in [0.4, 0.5) is 5.69 Å². The Hall–Kier alpha value is -4.11. The first-order chi connectivity index (χ1) is 19.5. The zero-order valence-corrected chi connectivity index (χ0v) is 23.3. The minimum atomic E-state index is -1.01. The summed E-state index contributed by atoms with van der Waals surface area (Å²) < 4.78 is 12.5. The maximum Gasteiger partial charge on any atom is 0.249 e. The van der Waals surface area contributed by atoms with Crippen LogP contribution < -0.4 is 19.7 Å². The van der Waals surface area contributed by atoms with Crippen molar-refractivity contribution in [3.8, 4) is 11.5 Å². The average Bonchev–Trinajstić information content (AvgIpc) is 3.38. The summed E-state index contributed by atoms with van der Waals surface area (Å²) in [5.41, 5.74) is 2.45. The standard InChI is InChI=1S/C30H32ClN5O4/c1-39-26-16-15-20(17-27(26)40-2)29(30(38)32-22-10-4-3-5-11-22)36(23-12-8-9-21(31)18-23)28(37)19-35-25-14-7-6-13-24(25)33-34-35/h6-9,12-18,22,29H,3-5,10-11,19H2,1-2H3,(H,32,38)/t29-/m1/s1. The van der Waals surface area contributed by atoms with Crippen LogP contribution in [0, 0.1) is 0 Å². The lowest BCUT2D eigenvalue weighted by atomic mass is 9.94. The predicted octanol–water partition coefficient (Wildman–Crippen LogP) is 5.33. The molecule has 0 unspecified atom stereocenters. The van der Waals surface area contributed by atoms with Crippen molar-refractivity contribution in [2.75, 3.05) is 19.1 Å². The van der Waals surface area contributed by atoms with Gasteiger partial charge in [-0.05, 0) is 60.9 Å². The molecule has 1 saturated carbocycles. The molecule has 1 atom stereocenters. The molecule has 3 aromatic carbocycles. The monoisotopic (exact) mass is 561 g/mol. The quantitative estimate of drug-likeness (QED) is 0.297. The van der Waals surface area contributed by atoms with Crippen molar-refractivity contribution >= 4 is 40.1 Å². The highest BCUT2D eigenvalue weighted by Gasteiger charge is 2.35. The molecule has 0 spiro atoms. The third kappa shape index (κ3) is 5.89. The van der Waals surface area contributed by atoms with E-state index in [-0.39, 0.29) is 24.4 Å². The van der Waals surface area contributed by atoms with Gasteiger partial charge in [-0.3, -0.25) is 14.5 Å². The summed E-state index contributed by atoms with van der Waals surface area (Å²) in [5.74, 6) is 0.344. The number of fused-ring (bicyclic) bond motifs is 1. The highest BCUT2D eigenvalue weighted by molar-refractivity contribution is 6.31. The lowest BCUT2D eigenvalue weighted by molar-refractivity contribution is -0.127. The smallest absolute Gasteiger partial charge is 0.249 e. The predicted molar refractivity (Wildman–Crippen MR) is 154 cm³/mol. The lowest BCUT2D eigenvalue weighted by Gasteiger charge is -2.33. The van der Waals surface area contributed by atoms with Gasteiger partial charge < -0.3 is 14.8 Å². The maximum atomic E-state index is 14.2. The van der Waals surface area contributed by atoms with Gasteiger partial charge in [0.1, 0.15) is 18.1 Å². The second-order valence-electron chi connectivity index (χ2n) is 9.84. The molecule has 1 aliphatic carbocycles. The molecule has 208 valence electrons. The van der Waals surface area contributed by atoms with E-state index in [2.05, 4.69) is 15.6 Å². The van der Waals surface area contributed by atoms with E-state index in [1.165, 1.54) is 12.0 Å². The number of ether oxygens (including phenoxy) is 2. The lowest BCUT2D eigenvalue weighted by Crippen LogP contribution is -2.48. The zero-order chi connectivity index (χ0) is 28.1. The van der Waals surface area contributed by atoms with Crippen LogP contribution in [0.25, 0.3) is 11.0 Å². The number of carbonyl (C=O) groups is 2. The number of methoxy groups -OCH3 is 2. The molecular formula is C30H32ClN5O4. The number of aromatic nitrogens is 3. The van der Waals surface area contributed by atoms with Gasteiger partial charge in [0.05, 0.1) is 19.7 Å². The largest absolute Gasteiger partial charge is 0.493 e. The summed E-state index contributed by atoms with van der Waals surface area (Å²) >= 11 is 6.39. The zero-order valence-electron chi connectivity index (χ0n) is 22.5. The number of amides is 2. The third-order valence-electron chi connectivity index (χ3n) is 7.24. The van der Waals surface area contributed by atoms with Crippen molar-refractivity contribution in [3.05, 3.63) is 77.3 Å². The van der Waals surface area contributed by atoms with E-state index >= 15 is 0 Å². The van der Waals surface area contributed by atoms with Crippen molar-refractivity contribution in [1.82, 2.24) is 20.3 Å². The Morgan fingerprint density at radius 2 is 1.77 bits per heavy atom. The Balaban J connectivity index is 1.60. The van der Waals surface area contributed by atoms with E-state index in [4.69, 9.17) is 21.1 Å². The molecule has 9 nitrogen and oxygen atoms in total. The summed E-state index contributed by atoms with van der Waals surface area (Å²) in [6.07, 6.45) is 5.08. The molecule has 1 N–H and O–H groups in total. The van der Waals surface area contributed by atoms with E-state index in [0.29, 0.717) is 33.3 Å². The molecule has 4 aromatic rings. The van der Waals surface area contributed by atoms with E-state index in [1.807, 2.05) is 24.3 Å². The van der Waals surface area contributed by atoms with Crippen molar-refractivity contribution in [3.63, 3.8) is 0 Å². The first-order valence-corrected chi connectivity index (χ1v) is 13.7. The molecule has 5 rings (SSSR count). The SMILES string of the molecule is COc1ccc([C@H](C(=O)NC2CCCCC2)N(C(=O)Cn2nnc3ccccc32)c2cccc(Cl)c2)cc1OC. The van der Waals surface area contributed by atoms with E-state index < -0.39 is 6.04 Å². The fourth-order valence-electron chi connectivity index (χ4n) is 5.27. The summed E-state index contributed by atoms with van der Waals surface area (Å²) in [5, 5.41) is 12.1. The van der Waals surface area contributed by atoms with Gasteiger partial charge in [-0.2, -0.15) is 0 Å². The number of hydrogen-bond donors (Lipinski definition) is 1. The number of benzene rings is 3. The number of nitrogens with one attached hydrogen (secondary N) is 1. The van der Waals surface area contributed by atoms with Gasteiger partial charge in [0.2, 0.25) is 11.8 Å². The molecule has 0 bridgehead atoms. The first kappa shape index (κ1) is 27.5. The average molecular weight is 562 g/mol. The summed E-state index contributed by atoms with van der Waals surface area (Å²) in [6.45, 7) is -0.131. The molecule has 40 heavy (non-hydrogen) atoms. The van der Waals surface area contributed by atoms with E-state index in [0.717, 1.165) is 37.6 Å². The van der Waals surface area contributed by atoms with Crippen LogP contribution in [-0.2, 0) is 16.1 Å². The van der Waals surface area contributed by atoms with Crippen LogP contribution >= 0.6 is 11.6 Å². The fourth-order valence-corrected chi connectivity index (χ4v) is 5.45. The number of carbonyl (C=O) groups excluding carboxylic acids is 2. The highest BCUT2D eigenvalue weighted by atomic mass is 35.5. The Kier molecular flexibility index (Phi) is 8.50. The van der Waals surface area contributed by atoms with Crippen LogP contribution in [0.2, 0.25) is 5.02 Å². The molecule has 1 heterocycles. The number of halogens is 1. The molecule has 0 saturated heterocycles. The third-order valence-corrected chi connectivity index (χ3v) is 7.48. The van der Waals surface area contributed by atoms with Crippen molar-refractivity contribution < 1.29 is 19.1 Å². The first-order valence-electron chi connectivity index (χ1n) is 13.4. The molecule has 0 radical (unpaired) electrons. The number of para-hydroxylation sites is 1. The number of hydrogen-bond acceptors (Lipinski definition) is 6. The topological polar surface area (TPSA) is 98.6 Å². The van der Waals surface area contributed by atoms with Gasteiger partial charge >= 0.3 is 0 Å². The molecule has 2 amide bonds. The molecule has 1 aliphatic rings. The second kappa shape index (κ2) is 12.4. The minimum Gasteiger partial charge on any atom is -0.493 e. The summed E-state index contributed by atoms with van der Waals surface area (Å²) in [7, 11) is 3.09. The van der Waals surface area contributed by atoms with E-state index in [1.54, 1.807) is 54.3 Å². The molecule has 10 heteroatoms. The van der Waals surface area contributed by atoms with Crippen molar-refractivity contribution in [2.45, 2.75) is 50.7 Å². The van der Waals surface area contributed by atoms with Gasteiger partial charge in [-0.15, -0.1) is 5.10 Å². The number of nitrogens with zero attached hydrogens (tertiary/aromatic N) is 4. The second-order valence-corrected chi connectivity index (χ2v) is 10.3. The van der Waals surface area contributed by atoms with Crippen LogP contribution in [0.5, 0.6) is 11.5 Å². The van der Waals surface area contributed by atoms with Gasteiger partial charge in [0, 0.05) is 16.8 Å². The van der Waals surface area contributed by atoms with Crippen molar-refractivity contribution in [1.29, 1.82) is 0 Å². The number of anilines is 1. The molecule has 0 aliphatic heterocycles. The van der Waals surface area contributed by atoms with Gasteiger partial charge in [-0.1, -0.05) is 60.3 Å². The maximum absolute atomic E-state index is 14.2.